The SMILES string of the molecule is CN1C(=O)C2(NC1N)c1cc(OCC3CC3)ccc1OC21CCc2ccccc2CC1. The van der Waals surface area contributed by atoms with Crippen molar-refractivity contribution in [2.45, 2.75) is 56.0 Å². The average Bonchev–Trinajstić information content (AvgIpc) is 3.56. The Labute approximate surface area is 182 Å². The first kappa shape index (κ1) is 19.1. The van der Waals surface area contributed by atoms with Crippen molar-refractivity contribution in [3.8, 4) is 11.5 Å². The molecule has 2 heterocycles. The highest BCUT2D eigenvalue weighted by Crippen LogP contribution is 2.56. The lowest BCUT2D eigenvalue weighted by atomic mass is 9.71. The minimum Gasteiger partial charge on any atom is -0.493 e. The van der Waals surface area contributed by atoms with Crippen LogP contribution in [0.2, 0.25) is 0 Å². The number of nitrogens with two attached hydrogens (primary N) is 1. The standard InChI is InChI=1S/C25H29N3O3/c1-28-22(29)25(27-23(28)26)20-14-19(30-15-16-6-7-16)8-9-21(20)31-24(25)12-10-17-4-2-3-5-18(17)11-13-24/h2-5,8-9,14,16,23,27H,6-7,10-13,15,26H2,1H3. The van der Waals surface area contributed by atoms with E-state index < -0.39 is 17.4 Å². The molecular formula is C25H29N3O3. The van der Waals surface area contributed by atoms with Gasteiger partial charge in [-0.15, -0.1) is 0 Å². The molecule has 6 heteroatoms. The Morgan fingerprint density at radius 1 is 1.16 bits per heavy atom. The summed E-state index contributed by atoms with van der Waals surface area (Å²) in [7, 11) is 1.76. The van der Waals surface area contributed by atoms with E-state index in [4.69, 9.17) is 15.2 Å². The number of benzene rings is 2. The highest BCUT2D eigenvalue weighted by atomic mass is 16.5. The number of rotatable bonds is 3. The van der Waals surface area contributed by atoms with Gasteiger partial charge in [0.2, 0.25) is 0 Å². The molecule has 0 bridgehead atoms. The third-order valence-corrected chi connectivity index (χ3v) is 7.66. The molecule has 2 spiro atoms. The molecule has 0 radical (unpaired) electrons. The second kappa shape index (κ2) is 6.71. The molecule has 6 rings (SSSR count). The Bertz CT molecular complexity index is 1020. The Morgan fingerprint density at radius 2 is 1.87 bits per heavy atom. The number of likely N-dealkylation sites (N-methyl/N-ethyl adjacent to an activating group) is 1. The van der Waals surface area contributed by atoms with Gasteiger partial charge in [0.1, 0.15) is 23.4 Å². The normalized spacial score (nSPS) is 28.4. The van der Waals surface area contributed by atoms with E-state index in [9.17, 15) is 4.79 Å². The topological polar surface area (TPSA) is 76.8 Å². The number of carbonyl (C=O) groups excluding carboxylic acids is 1. The molecule has 6 nitrogen and oxygen atoms in total. The highest BCUT2D eigenvalue weighted by molar-refractivity contribution is 5.93. The van der Waals surface area contributed by atoms with E-state index in [0.29, 0.717) is 5.92 Å². The minimum atomic E-state index is -1.00. The summed E-state index contributed by atoms with van der Waals surface area (Å²) in [5, 5.41) is 3.48. The summed E-state index contributed by atoms with van der Waals surface area (Å²) in [6.45, 7) is 0.730. The van der Waals surface area contributed by atoms with Crippen LogP contribution in [0.25, 0.3) is 0 Å². The number of fused-ring (bicyclic) bond motifs is 4. The molecule has 0 aromatic heterocycles. The van der Waals surface area contributed by atoms with Gasteiger partial charge in [0, 0.05) is 12.6 Å². The van der Waals surface area contributed by atoms with Crippen molar-refractivity contribution in [2.75, 3.05) is 13.7 Å². The van der Waals surface area contributed by atoms with Crippen LogP contribution >= 0.6 is 0 Å². The molecule has 162 valence electrons. The smallest absolute Gasteiger partial charge is 0.253 e. The van der Waals surface area contributed by atoms with Gasteiger partial charge >= 0.3 is 0 Å². The first-order valence-corrected chi connectivity index (χ1v) is 11.4. The lowest BCUT2D eigenvalue weighted by Gasteiger charge is -2.40. The largest absolute Gasteiger partial charge is 0.493 e. The number of hydrogen-bond donors (Lipinski definition) is 2. The van der Waals surface area contributed by atoms with Crippen LogP contribution in [-0.2, 0) is 23.2 Å². The van der Waals surface area contributed by atoms with Crippen LogP contribution in [0.15, 0.2) is 42.5 Å². The molecule has 2 fully saturated rings. The molecule has 1 saturated heterocycles. The van der Waals surface area contributed by atoms with Gasteiger partial charge in [-0.05, 0) is 73.8 Å². The number of aryl methyl sites for hydroxylation is 2. The minimum absolute atomic E-state index is 0.0240. The molecule has 1 saturated carbocycles. The molecular weight excluding hydrogens is 390 g/mol. The zero-order valence-corrected chi connectivity index (χ0v) is 17.9. The molecule has 2 aromatic rings. The van der Waals surface area contributed by atoms with Crippen molar-refractivity contribution >= 4 is 5.91 Å². The van der Waals surface area contributed by atoms with Crippen LogP contribution in [0.4, 0.5) is 0 Å². The molecule has 2 aliphatic heterocycles. The van der Waals surface area contributed by atoms with Crippen LogP contribution in [0.1, 0.15) is 42.4 Å². The van der Waals surface area contributed by atoms with E-state index in [2.05, 4.69) is 29.6 Å². The maximum atomic E-state index is 13.8. The Kier molecular flexibility index (Phi) is 4.14. The molecule has 2 unspecified atom stereocenters. The molecule has 4 aliphatic rings. The van der Waals surface area contributed by atoms with Gasteiger partial charge in [-0.1, -0.05) is 24.3 Å². The van der Waals surface area contributed by atoms with Crippen LogP contribution in [0.3, 0.4) is 0 Å². The summed E-state index contributed by atoms with van der Waals surface area (Å²) in [4.78, 5) is 15.4. The third-order valence-electron chi connectivity index (χ3n) is 7.66. The average molecular weight is 420 g/mol. The number of hydrogen-bond acceptors (Lipinski definition) is 5. The highest BCUT2D eigenvalue weighted by Gasteiger charge is 2.68. The molecule has 2 aliphatic carbocycles. The van der Waals surface area contributed by atoms with Gasteiger partial charge in [0.05, 0.1) is 6.61 Å². The van der Waals surface area contributed by atoms with Crippen LogP contribution in [-0.4, -0.2) is 36.4 Å². The van der Waals surface area contributed by atoms with Gasteiger partial charge in [-0.25, -0.2) is 0 Å². The third kappa shape index (κ3) is 2.74. The number of carbonyl (C=O) groups is 1. The molecule has 31 heavy (non-hydrogen) atoms. The second-order valence-electron chi connectivity index (χ2n) is 9.53. The van der Waals surface area contributed by atoms with E-state index in [-0.39, 0.29) is 5.91 Å². The Balaban J connectivity index is 1.44. The number of amides is 1. The van der Waals surface area contributed by atoms with Gasteiger partial charge in [-0.3, -0.25) is 15.8 Å². The van der Waals surface area contributed by atoms with Crippen molar-refractivity contribution in [1.82, 2.24) is 10.2 Å². The van der Waals surface area contributed by atoms with Crippen molar-refractivity contribution < 1.29 is 14.3 Å². The van der Waals surface area contributed by atoms with Gasteiger partial charge in [-0.2, -0.15) is 0 Å². The summed E-state index contributed by atoms with van der Waals surface area (Å²) in [6.07, 6.45) is 5.14. The fourth-order valence-electron chi connectivity index (χ4n) is 5.62. The van der Waals surface area contributed by atoms with Crippen LogP contribution < -0.4 is 20.5 Å². The van der Waals surface area contributed by atoms with E-state index in [0.717, 1.165) is 49.4 Å². The van der Waals surface area contributed by atoms with Crippen molar-refractivity contribution in [2.24, 2.45) is 11.7 Å². The number of nitrogens with zero attached hydrogens (tertiary/aromatic N) is 1. The summed E-state index contributed by atoms with van der Waals surface area (Å²) >= 11 is 0. The maximum Gasteiger partial charge on any atom is 0.253 e. The molecule has 1 amide bonds. The zero-order valence-electron chi connectivity index (χ0n) is 17.9. The predicted octanol–water partition coefficient (Wildman–Crippen LogP) is 2.68. The summed E-state index contributed by atoms with van der Waals surface area (Å²) < 4.78 is 12.8. The summed E-state index contributed by atoms with van der Waals surface area (Å²) in [6, 6.07) is 14.5. The summed E-state index contributed by atoms with van der Waals surface area (Å²) in [5.41, 5.74) is 8.19. The fraction of sp³-hybridized carbons (Fsp3) is 0.480. The van der Waals surface area contributed by atoms with Crippen molar-refractivity contribution in [3.05, 3.63) is 59.2 Å². The number of nitrogens with one attached hydrogen (secondary N) is 1. The fourth-order valence-corrected chi connectivity index (χ4v) is 5.62. The maximum absolute atomic E-state index is 13.8. The van der Waals surface area contributed by atoms with E-state index >= 15 is 0 Å². The van der Waals surface area contributed by atoms with Crippen LogP contribution in [0.5, 0.6) is 11.5 Å². The Hall–Kier alpha value is -2.57. The number of ether oxygens (including phenoxy) is 2. The van der Waals surface area contributed by atoms with Gasteiger partial charge in [0.15, 0.2) is 5.54 Å². The monoisotopic (exact) mass is 419 g/mol. The van der Waals surface area contributed by atoms with Crippen LogP contribution in [0, 0.1) is 5.92 Å². The first-order valence-electron chi connectivity index (χ1n) is 11.4. The predicted molar refractivity (Wildman–Crippen MR) is 117 cm³/mol. The van der Waals surface area contributed by atoms with Crippen molar-refractivity contribution in [1.29, 1.82) is 0 Å². The van der Waals surface area contributed by atoms with E-state index in [1.165, 1.54) is 24.0 Å². The molecule has 2 aromatic carbocycles. The zero-order chi connectivity index (χ0) is 21.2. The van der Waals surface area contributed by atoms with E-state index in [1.54, 1.807) is 11.9 Å². The summed E-state index contributed by atoms with van der Waals surface area (Å²) in [5.74, 6) is 2.19. The first-order chi connectivity index (χ1) is 15.0. The quantitative estimate of drug-likeness (QED) is 0.800. The molecule has 3 N–H and O–H groups in total. The van der Waals surface area contributed by atoms with Gasteiger partial charge in [0.25, 0.3) is 5.91 Å². The Morgan fingerprint density at radius 3 is 2.48 bits per heavy atom. The lowest BCUT2D eigenvalue weighted by Crippen LogP contribution is -2.62. The van der Waals surface area contributed by atoms with E-state index in [1.807, 2.05) is 18.2 Å². The van der Waals surface area contributed by atoms with Gasteiger partial charge < -0.3 is 14.4 Å². The lowest BCUT2D eigenvalue weighted by molar-refractivity contribution is -0.139. The van der Waals surface area contributed by atoms with Crippen molar-refractivity contribution in [3.63, 3.8) is 0 Å². The molecule has 2 atom stereocenters. The second-order valence-corrected chi connectivity index (χ2v) is 9.53.